The van der Waals surface area contributed by atoms with Crippen LogP contribution < -0.4 is 9.47 Å². The first-order chi connectivity index (χ1) is 14.3. The average Bonchev–Trinajstić information content (AvgIpc) is 2.95. The van der Waals surface area contributed by atoms with Crippen LogP contribution in [0, 0.1) is 15.9 Å². The van der Waals surface area contributed by atoms with Crippen molar-refractivity contribution in [1.29, 1.82) is 0 Å². The normalized spacial score (nSPS) is 14.9. The van der Waals surface area contributed by atoms with Gasteiger partial charge in [-0.25, -0.2) is 0 Å². The van der Waals surface area contributed by atoms with Gasteiger partial charge in [0.05, 0.1) is 22.1 Å². The number of terminal acetylenes is 1. The summed E-state index contributed by atoms with van der Waals surface area (Å²) in [5.41, 5.74) is 1.48. The number of hydrogen-bond acceptors (Lipinski definition) is 5. The smallest absolute Gasteiger partial charge is 0.294 e. The van der Waals surface area contributed by atoms with Crippen LogP contribution >= 0.6 is 57.6 Å². The number of nitrogens with zero attached hydrogens (tertiary/aromatic N) is 1. The van der Waals surface area contributed by atoms with Gasteiger partial charge in [0.1, 0.15) is 6.61 Å². The van der Waals surface area contributed by atoms with Crippen molar-refractivity contribution in [2.45, 2.75) is 6.61 Å². The molecule has 154 valence electrons. The van der Waals surface area contributed by atoms with Gasteiger partial charge >= 0.3 is 0 Å². The Morgan fingerprint density at radius 2 is 2.03 bits per heavy atom. The van der Waals surface area contributed by atoms with Crippen LogP contribution in [0.15, 0.2) is 35.2 Å². The van der Waals surface area contributed by atoms with Crippen LogP contribution in [-0.2, 0) is 11.4 Å². The Morgan fingerprint density at radius 1 is 1.27 bits per heavy atom. The van der Waals surface area contributed by atoms with Gasteiger partial charge in [-0.05, 0) is 70.3 Å². The van der Waals surface area contributed by atoms with Crippen molar-refractivity contribution in [3.63, 3.8) is 0 Å². The highest BCUT2D eigenvalue weighted by Crippen LogP contribution is 2.38. The van der Waals surface area contributed by atoms with Gasteiger partial charge in [-0.1, -0.05) is 35.2 Å². The number of hydrogen-bond donors (Lipinski definition) is 0. The SMILES string of the molecule is C#CCN1C(=O)S/C(=C/c2cc(I)c(OCc3ccc(Cl)cc3Cl)c(OC)c2)C1=O. The van der Waals surface area contributed by atoms with Gasteiger partial charge in [0.15, 0.2) is 11.5 Å². The molecule has 0 saturated carbocycles. The second kappa shape index (κ2) is 9.96. The van der Waals surface area contributed by atoms with Crippen molar-refractivity contribution in [1.82, 2.24) is 4.90 Å². The van der Waals surface area contributed by atoms with E-state index in [4.69, 9.17) is 39.1 Å². The Labute approximate surface area is 201 Å². The number of imide groups is 1. The maximum Gasteiger partial charge on any atom is 0.294 e. The highest BCUT2D eigenvalue weighted by molar-refractivity contribution is 14.1. The van der Waals surface area contributed by atoms with Crippen LogP contribution in [0.2, 0.25) is 10.0 Å². The lowest BCUT2D eigenvalue weighted by atomic mass is 10.1. The summed E-state index contributed by atoms with van der Waals surface area (Å²) >= 11 is 15.1. The molecule has 2 aromatic carbocycles. The number of halogens is 3. The second-order valence-electron chi connectivity index (χ2n) is 6.03. The van der Waals surface area contributed by atoms with Gasteiger partial charge in [0.25, 0.3) is 11.1 Å². The lowest BCUT2D eigenvalue weighted by Crippen LogP contribution is -2.28. The molecule has 9 heteroatoms. The van der Waals surface area contributed by atoms with Gasteiger partial charge in [-0.3, -0.25) is 14.5 Å². The zero-order valence-electron chi connectivity index (χ0n) is 15.6. The minimum absolute atomic E-state index is 0.0527. The zero-order valence-corrected chi connectivity index (χ0v) is 20.1. The number of amides is 2. The first-order valence-electron chi connectivity index (χ1n) is 8.47. The van der Waals surface area contributed by atoms with E-state index in [-0.39, 0.29) is 18.4 Å². The molecule has 1 fully saturated rings. The van der Waals surface area contributed by atoms with Crippen molar-refractivity contribution in [3.8, 4) is 23.8 Å². The van der Waals surface area contributed by atoms with Crippen LogP contribution in [0.25, 0.3) is 6.08 Å². The quantitative estimate of drug-likeness (QED) is 0.246. The third-order valence-corrected chi connectivity index (χ3v) is 6.36. The molecule has 0 aromatic heterocycles. The first-order valence-corrected chi connectivity index (χ1v) is 11.1. The Hall–Kier alpha value is -1.86. The summed E-state index contributed by atoms with van der Waals surface area (Å²) in [7, 11) is 1.53. The number of carbonyl (C=O) groups is 2. The number of carbonyl (C=O) groups excluding carboxylic acids is 2. The summed E-state index contributed by atoms with van der Waals surface area (Å²) < 4.78 is 12.2. The molecule has 30 heavy (non-hydrogen) atoms. The lowest BCUT2D eigenvalue weighted by molar-refractivity contribution is -0.122. The predicted molar refractivity (Wildman–Crippen MR) is 128 cm³/mol. The van der Waals surface area contributed by atoms with Gasteiger partial charge in [-0.15, -0.1) is 6.42 Å². The van der Waals surface area contributed by atoms with Crippen LogP contribution in [0.1, 0.15) is 11.1 Å². The second-order valence-corrected chi connectivity index (χ2v) is 9.03. The standard InChI is InChI=1S/C21H14Cl2INO4S/c1-3-6-25-20(26)18(30-21(25)27)9-12-7-16(24)19(17(8-12)28-2)29-11-13-4-5-14(22)10-15(13)23/h1,4-5,7-10H,6,11H2,2H3/b18-9+. The number of methoxy groups -OCH3 is 1. The molecule has 5 nitrogen and oxygen atoms in total. The van der Waals surface area contributed by atoms with E-state index in [0.717, 1.165) is 25.8 Å². The molecular formula is C21H14Cl2INO4S. The maximum atomic E-state index is 12.4. The zero-order chi connectivity index (χ0) is 21.8. The van der Waals surface area contributed by atoms with Crippen LogP contribution in [-0.4, -0.2) is 29.7 Å². The third-order valence-electron chi connectivity index (χ3n) is 4.06. The van der Waals surface area contributed by atoms with Gasteiger partial charge in [0, 0.05) is 15.6 Å². The highest BCUT2D eigenvalue weighted by Gasteiger charge is 2.34. The van der Waals surface area contributed by atoms with E-state index in [9.17, 15) is 9.59 Å². The monoisotopic (exact) mass is 573 g/mol. The van der Waals surface area contributed by atoms with Crippen molar-refractivity contribution in [2.24, 2.45) is 0 Å². The predicted octanol–water partition coefficient (Wildman–Crippen LogP) is 5.86. The lowest BCUT2D eigenvalue weighted by Gasteiger charge is -2.14. The van der Waals surface area contributed by atoms with Gasteiger partial charge < -0.3 is 9.47 Å². The first kappa shape index (κ1) is 22.8. The summed E-state index contributed by atoms with van der Waals surface area (Å²) in [4.78, 5) is 25.7. The topological polar surface area (TPSA) is 55.8 Å². The fourth-order valence-electron chi connectivity index (χ4n) is 2.63. The van der Waals surface area contributed by atoms with E-state index in [1.165, 1.54) is 7.11 Å². The molecule has 2 aromatic rings. The fraction of sp³-hybridized carbons (Fsp3) is 0.143. The summed E-state index contributed by atoms with van der Waals surface area (Å²) in [6.45, 7) is 0.176. The van der Waals surface area contributed by atoms with E-state index in [2.05, 4.69) is 28.5 Å². The number of benzene rings is 2. The molecule has 0 N–H and O–H groups in total. The third kappa shape index (κ3) is 5.06. The van der Waals surface area contributed by atoms with E-state index < -0.39 is 5.91 Å². The number of rotatable bonds is 6. The molecule has 1 aliphatic heterocycles. The molecule has 0 bridgehead atoms. The molecule has 0 spiro atoms. The fourth-order valence-corrected chi connectivity index (χ4v) is 4.71. The van der Waals surface area contributed by atoms with Crippen LogP contribution in [0.5, 0.6) is 11.5 Å². The maximum absolute atomic E-state index is 12.4. The van der Waals surface area contributed by atoms with E-state index >= 15 is 0 Å². The molecular weight excluding hydrogens is 560 g/mol. The molecule has 1 heterocycles. The largest absolute Gasteiger partial charge is 0.493 e. The van der Waals surface area contributed by atoms with Crippen LogP contribution in [0.4, 0.5) is 4.79 Å². The summed E-state index contributed by atoms with van der Waals surface area (Å²) in [5.74, 6) is 2.94. The molecule has 0 aliphatic carbocycles. The summed E-state index contributed by atoms with van der Waals surface area (Å²) in [6.07, 6.45) is 6.85. The molecule has 0 radical (unpaired) electrons. The van der Waals surface area contributed by atoms with Gasteiger partial charge in [-0.2, -0.15) is 0 Å². The molecule has 1 aliphatic rings. The Kier molecular flexibility index (Phi) is 7.58. The van der Waals surface area contributed by atoms with Crippen molar-refractivity contribution in [3.05, 3.63) is 60.0 Å². The van der Waals surface area contributed by atoms with Crippen molar-refractivity contribution >= 4 is 74.8 Å². The minimum Gasteiger partial charge on any atom is -0.493 e. The van der Waals surface area contributed by atoms with Crippen LogP contribution in [0.3, 0.4) is 0 Å². The van der Waals surface area contributed by atoms with Gasteiger partial charge in [0.2, 0.25) is 0 Å². The van der Waals surface area contributed by atoms with E-state index in [0.29, 0.717) is 32.0 Å². The number of ether oxygens (including phenoxy) is 2. The Balaban J connectivity index is 1.85. The summed E-state index contributed by atoms with van der Waals surface area (Å²) in [6, 6.07) is 8.75. The van der Waals surface area contributed by atoms with Crippen molar-refractivity contribution < 1.29 is 19.1 Å². The molecule has 0 unspecified atom stereocenters. The molecule has 2 amide bonds. The highest BCUT2D eigenvalue weighted by atomic mass is 127. The molecule has 0 atom stereocenters. The number of thioether (sulfide) groups is 1. The Morgan fingerprint density at radius 3 is 2.70 bits per heavy atom. The van der Waals surface area contributed by atoms with Crippen molar-refractivity contribution in [2.75, 3.05) is 13.7 Å². The Bertz CT molecular complexity index is 1100. The molecule has 3 rings (SSSR count). The van der Waals surface area contributed by atoms with E-state index in [1.54, 1.807) is 30.3 Å². The minimum atomic E-state index is -0.408. The average molecular weight is 574 g/mol. The van der Waals surface area contributed by atoms with E-state index in [1.807, 2.05) is 6.07 Å². The summed E-state index contributed by atoms with van der Waals surface area (Å²) in [5, 5.41) is 0.674. The molecule has 1 saturated heterocycles.